The number of nitrogens with zero attached hydrogens (tertiary/aromatic N) is 1. The number of unbranched alkanes of at least 4 members (excludes halogenated alkanes) is 37. The molecule has 0 fully saturated rings. The van der Waals surface area contributed by atoms with Crippen molar-refractivity contribution in [2.45, 2.75) is 322 Å². The van der Waals surface area contributed by atoms with E-state index in [0.717, 1.165) is 64.2 Å². The van der Waals surface area contributed by atoms with Crippen molar-refractivity contribution in [1.29, 1.82) is 0 Å². The summed E-state index contributed by atoms with van der Waals surface area (Å²) in [5.41, 5.74) is 0. The van der Waals surface area contributed by atoms with Crippen molar-refractivity contribution >= 4 is 17.9 Å². The third-order valence-electron chi connectivity index (χ3n) is 14.8. The second kappa shape index (κ2) is 61.1. The van der Waals surface area contributed by atoms with E-state index in [1.165, 1.54) is 218 Å². The summed E-state index contributed by atoms with van der Waals surface area (Å²) < 4.78 is 23.0. The summed E-state index contributed by atoms with van der Waals surface area (Å²) in [7, 11) is 5.98. The monoisotopic (exact) mass is 1110 g/mol. The standard InChI is InChI=1S/C70H127NO8/c1-6-8-10-12-14-16-18-20-22-24-26-28-29-30-31-32-33-34-35-36-37-38-39-41-43-45-47-49-51-53-55-57-59-61-68(73)79-66(65-78-70(69(74)75)76-63-62-71(3,4)5)64-77-67(72)60-58-56-54-52-50-48-46-44-42-40-27-25-23-21-19-17-15-13-11-9-7-2/h8,10,14,16,20,22,25-28,66,70H,6-7,9,11-13,15,17-19,21,23-24,29-65H2,1-5H3/p+1/b10-8-,16-14-,22-20-,27-25-,28-26-. The smallest absolute Gasteiger partial charge is 0.361 e. The molecule has 0 saturated carbocycles. The molecule has 2 unspecified atom stereocenters. The van der Waals surface area contributed by atoms with Gasteiger partial charge in [0.25, 0.3) is 6.29 Å². The number of allylic oxidation sites excluding steroid dienone is 10. The van der Waals surface area contributed by atoms with Gasteiger partial charge in [-0.05, 0) is 77.0 Å². The Balaban J connectivity index is 4.08. The van der Waals surface area contributed by atoms with Crippen molar-refractivity contribution in [3.63, 3.8) is 0 Å². The molecule has 1 N–H and O–H groups in total. The summed E-state index contributed by atoms with van der Waals surface area (Å²) in [4.78, 5) is 37.6. The van der Waals surface area contributed by atoms with Crippen molar-refractivity contribution in [2.75, 3.05) is 47.5 Å². The molecule has 0 radical (unpaired) electrons. The molecule has 0 aliphatic heterocycles. The highest BCUT2D eigenvalue weighted by molar-refractivity contribution is 5.71. The molecule has 2 atom stereocenters. The van der Waals surface area contributed by atoms with Gasteiger partial charge in [0.15, 0.2) is 6.10 Å². The van der Waals surface area contributed by atoms with Gasteiger partial charge in [0.2, 0.25) is 0 Å². The van der Waals surface area contributed by atoms with Gasteiger partial charge in [-0.25, -0.2) is 4.79 Å². The first kappa shape index (κ1) is 76.0. The second-order valence-electron chi connectivity index (χ2n) is 23.7. The molecule has 0 heterocycles. The Morgan fingerprint density at radius 1 is 0.392 bits per heavy atom. The summed E-state index contributed by atoms with van der Waals surface area (Å²) >= 11 is 0. The molecule has 9 heteroatoms. The minimum atomic E-state index is -1.51. The van der Waals surface area contributed by atoms with E-state index in [1.807, 2.05) is 21.1 Å². The molecular weight excluding hydrogens is 983 g/mol. The molecule has 79 heavy (non-hydrogen) atoms. The predicted octanol–water partition coefficient (Wildman–Crippen LogP) is 20.4. The minimum absolute atomic E-state index is 0.180. The van der Waals surface area contributed by atoms with E-state index in [2.05, 4.69) is 74.6 Å². The first-order chi connectivity index (χ1) is 38.6. The highest BCUT2D eigenvalue weighted by atomic mass is 16.7. The number of likely N-dealkylation sites (N-methyl/N-ethyl adjacent to an activating group) is 1. The summed E-state index contributed by atoms with van der Waals surface area (Å²) in [5.74, 6) is -1.99. The number of quaternary nitrogens is 1. The minimum Gasteiger partial charge on any atom is -0.477 e. The van der Waals surface area contributed by atoms with Crippen LogP contribution in [0.3, 0.4) is 0 Å². The maximum Gasteiger partial charge on any atom is 0.361 e. The molecule has 0 aromatic heterocycles. The number of carbonyl (C=O) groups is 3. The lowest BCUT2D eigenvalue weighted by Crippen LogP contribution is -2.40. The molecule has 0 aromatic rings. The first-order valence-corrected chi connectivity index (χ1v) is 33.5. The molecule has 0 aromatic carbocycles. The summed E-state index contributed by atoms with van der Waals surface area (Å²) in [6, 6.07) is 0. The van der Waals surface area contributed by atoms with Crippen LogP contribution in [0.4, 0.5) is 0 Å². The van der Waals surface area contributed by atoms with Gasteiger partial charge in [0.1, 0.15) is 13.2 Å². The first-order valence-electron chi connectivity index (χ1n) is 33.5. The van der Waals surface area contributed by atoms with Crippen LogP contribution >= 0.6 is 0 Å². The quantitative estimate of drug-likeness (QED) is 0.0211. The largest absolute Gasteiger partial charge is 0.477 e. The Labute approximate surface area is 488 Å². The van der Waals surface area contributed by atoms with Crippen LogP contribution in [0, 0.1) is 0 Å². The van der Waals surface area contributed by atoms with Gasteiger partial charge in [0.05, 0.1) is 34.4 Å². The number of carbonyl (C=O) groups excluding carboxylic acids is 2. The lowest BCUT2D eigenvalue weighted by Gasteiger charge is -2.25. The van der Waals surface area contributed by atoms with Crippen LogP contribution in [-0.4, -0.2) is 87.4 Å². The van der Waals surface area contributed by atoms with Crippen LogP contribution in [0.25, 0.3) is 0 Å². The summed E-state index contributed by atoms with van der Waals surface area (Å²) in [5, 5.41) is 9.73. The molecular formula is C70H128NO8+. The number of carboxylic acid groups (broad SMARTS) is 1. The Bertz CT molecular complexity index is 1480. The van der Waals surface area contributed by atoms with Gasteiger partial charge in [-0.15, -0.1) is 0 Å². The van der Waals surface area contributed by atoms with Crippen LogP contribution in [0.15, 0.2) is 60.8 Å². The van der Waals surface area contributed by atoms with Crippen LogP contribution in [0.5, 0.6) is 0 Å². The fraction of sp³-hybridized carbons (Fsp3) is 0.814. The SMILES string of the molecule is CC/C=C\C/C=C\C/C=C\C/C=C\CCCCCCCCCCCCCCCCCCCCCCC(=O)OC(COC(=O)CCCCCCCCCCC/C=C\CCCCCCCCCC)COC(OCC[N+](C)(C)C)C(=O)O. The third kappa shape index (κ3) is 62.4. The van der Waals surface area contributed by atoms with Crippen molar-refractivity contribution < 1.29 is 42.9 Å². The highest BCUT2D eigenvalue weighted by Gasteiger charge is 2.25. The van der Waals surface area contributed by atoms with Crippen LogP contribution in [0.1, 0.15) is 309 Å². The number of ether oxygens (including phenoxy) is 4. The van der Waals surface area contributed by atoms with Gasteiger partial charge in [-0.1, -0.05) is 280 Å². The molecule has 0 aliphatic rings. The number of rotatable bonds is 62. The molecule has 0 saturated heterocycles. The van der Waals surface area contributed by atoms with E-state index >= 15 is 0 Å². The molecule has 0 amide bonds. The van der Waals surface area contributed by atoms with E-state index < -0.39 is 18.4 Å². The molecule has 0 spiro atoms. The fourth-order valence-corrected chi connectivity index (χ4v) is 9.65. The van der Waals surface area contributed by atoms with Gasteiger partial charge in [-0.3, -0.25) is 9.59 Å². The van der Waals surface area contributed by atoms with E-state index in [1.54, 1.807) is 0 Å². The topological polar surface area (TPSA) is 108 Å². The Kier molecular flexibility index (Phi) is 58.7. The van der Waals surface area contributed by atoms with Crippen molar-refractivity contribution in [2.24, 2.45) is 0 Å². The Hall–Kier alpha value is -3.01. The van der Waals surface area contributed by atoms with Crippen molar-refractivity contribution in [3.05, 3.63) is 60.8 Å². The molecule has 0 aliphatic carbocycles. The van der Waals surface area contributed by atoms with Crippen molar-refractivity contribution in [3.8, 4) is 0 Å². The normalized spacial score (nSPS) is 13.1. The number of carboxylic acids is 1. The van der Waals surface area contributed by atoms with Gasteiger partial charge >= 0.3 is 17.9 Å². The van der Waals surface area contributed by atoms with E-state index in [-0.39, 0.29) is 38.2 Å². The molecule has 0 bridgehead atoms. The van der Waals surface area contributed by atoms with E-state index in [9.17, 15) is 19.5 Å². The fourth-order valence-electron chi connectivity index (χ4n) is 9.65. The van der Waals surface area contributed by atoms with Gasteiger partial charge in [-0.2, -0.15) is 0 Å². The average molecular weight is 1110 g/mol. The Morgan fingerprint density at radius 2 is 0.722 bits per heavy atom. The maximum atomic E-state index is 12.9. The number of hydrogen-bond donors (Lipinski definition) is 1. The van der Waals surface area contributed by atoms with Crippen LogP contribution < -0.4 is 0 Å². The predicted molar refractivity (Wildman–Crippen MR) is 336 cm³/mol. The summed E-state index contributed by atoms with van der Waals surface area (Å²) in [6.45, 7) is 4.81. The number of aliphatic carboxylic acids is 1. The molecule has 0 rings (SSSR count). The number of esters is 2. The molecule has 9 nitrogen and oxygen atoms in total. The average Bonchev–Trinajstić information content (AvgIpc) is 3.42. The summed E-state index contributed by atoms with van der Waals surface area (Å²) in [6.07, 6.45) is 76.1. The van der Waals surface area contributed by atoms with E-state index in [0.29, 0.717) is 17.4 Å². The third-order valence-corrected chi connectivity index (χ3v) is 14.8. The lowest BCUT2D eigenvalue weighted by molar-refractivity contribution is -0.870. The van der Waals surface area contributed by atoms with Crippen LogP contribution in [0.2, 0.25) is 0 Å². The van der Waals surface area contributed by atoms with Crippen LogP contribution in [-0.2, 0) is 33.3 Å². The second-order valence-corrected chi connectivity index (χ2v) is 23.7. The van der Waals surface area contributed by atoms with Gasteiger partial charge in [0, 0.05) is 12.8 Å². The molecule has 460 valence electrons. The van der Waals surface area contributed by atoms with E-state index in [4.69, 9.17) is 18.9 Å². The van der Waals surface area contributed by atoms with Gasteiger partial charge < -0.3 is 28.5 Å². The zero-order valence-corrected chi connectivity index (χ0v) is 52.5. The number of hydrogen-bond acceptors (Lipinski definition) is 7. The lowest BCUT2D eigenvalue weighted by atomic mass is 10.0. The highest BCUT2D eigenvalue weighted by Crippen LogP contribution is 2.18. The Morgan fingerprint density at radius 3 is 1.09 bits per heavy atom. The maximum absolute atomic E-state index is 12.9. The van der Waals surface area contributed by atoms with Crippen molar-refractivity contribution in [1.82, 2.24) is 0 Å². The zero-order valence-electron chi connectivity index (χ0n) is 52.5. The zero-order chi connectivity index (χ0) is 57.6.